The number of rotatable bonds is 2. The highest BCUT2D eigenvalue weighted by Crippen LogP contribution is 2.33. The number of nitrogens with one attached hydrogen (secondary N) is 3. The molecule has 0 atom stereocenters. The van der Waals surface area contributed by atoms with Gasteiger partial charge in [0.05, 0.1) is 0 Å². The van der Waals surface area contributed by atoms with Crippen molar-refractivity contribution in [2.45, 2.75) is 37.6 Å². The molecule has 6 nitrogen and oxygen atoms in total. The van der Waals surface area contributed by atoms with Crippen molar-refractivity contribution < 1.29 is 9.59 Å². The third-order valence-electron chi connectivity index (χ3n) is 4.16. The van der Waals surface area contributed by atoms with E-state index in [1.807, 2.05) is 24.3 Å². The van der Waals surface area contributed by atoms with Gasteiger partial charge in [-0.2, -0.15) is 5.01 Å². The lowest BCUT2D eigenvalue weighted by atomic mass is 9.82. The average Bonchev–Trinajstić information content (AvgIpc) is 2.72. The van der Waals surface area contributed by atoms with Gasteiger partial charge in [-0.25, -0.2) is 4.79 Å². The molecule has 1 saturated carbocycles. The van der Waals surface area contributed by atoms with Crippen molar-refractivity contribution in [2.75, 3.05) is 5.32 Å². The Kier molecular flexibility index (Phi) is 4.54. The summed E-state index contributed by atoms with van der Waals surface area (Å²) in [6.07, 6.45) is 4.35. The lowest BCUT2D eigenvalue weighted by molar-refractivity contribution is -0.133. The molecule has 1 saturated heterocycles. The summed E-state index contributed by atoms with van der Waals surface area (Å²) in [7, 11) is 0. The highest BCUT2D eigenvalue weighted by atomic mass is 79.9. The van der Waals surface area contributed by atoms with Crippen LogP contribution in [-0.4, -0.2) is 27.6 Å². The number of thiocarbonyl (C=S) groups is 1. The minimum absolute atomic E-state index is 0.194. The summed E-state index contributed by atoms with van der Waals surface area (Å²) in [5.41, 5.74) is 2.70. The van der Waals surface area contributed by atoms with E-state index >= 15 is 0 Å². The molecule has 2 fully saturated rings. The summed E-state index contributed by atoms with van der Waals surface area (Å²) in [5, 5.41) is 6.96. The lowest BCUT2D eigenvalue weighted by Crippen LogP contribution is -2.51. The van der Waals surface area contributed by atoms with Crippen molar-refractivity contribution in [3.8, 4) is 0 Å². The number of hydrogen-bond donors (Lipinski definition) is 3. The van der Waals surface area contributed by atoms with Gasteiger partial charge in [0, 0.05) is 10.2 Å². The molecule has 1 aliphatic carbocycles. The fourth-order valence-electron chi connectivity index (χ4n) is 3.04. The molecule has 3 N–H and O–H groups in total. The molecule has 0 unspecified atom stereocenters. The number of urea groups is 1. The van der Waals surface area contributed by atoms with Gasteiger partial charge in [-0.3, -0.25) is 10.2 Å². The van der Waals surface area contributed by atoms with Gasteiger partial charge in [0.15, 0.2) is 5.11 Å². The Balaban J connectivity index is 1.66. The van der Waals surface area contributed by atoms with Crippen LogP contribution in [0.4, 0.5) is 10.5 Å². The smallest absolute Gasteiger partial charge is 0.331 e. The number of hydrazine groups is 1. The van der Waals surface area contributed by atoms with Crippen LogP contribution in [0.25, 0.3) is 0 Å². The number of carbonyl (C=O) groups is 2. The minimum Gasteiger partial charge on any atom is -0.331 e. The zero-order chi connectivity index (χ0) is 16.4. The Morgan fingerprint density at radius 3 is 2.70 bits per heavy atom. The fourth-order valence-corrected chi connectivity index (χ4v) is 3.65. The summed E-state index contributed by atoms with van der Waals surface area (Å²) < 4.78 is 0.904. The molecule has 2 aliphatic rings. The number of hydrogen-bond acceptors (Lipinski definition) is 3. The highest BCUT2D eigenvalue weighted by Gasteiger charge is 2.51. The second-order valence-corrected chi connectivity index (χ2v) is 7.11. The van der Waals surface area contributed by atoms with E-state index in [0.29, 0.717) is 12.8 Å². The van der Waals surface area contributed by atoms with Gasteiger partial charge in [0.25, 0.3) is 5.91 Å². The van der Waals surface area contributed by atoms with E-state index in [1.165, 1.54) is 0 Å². The second-order valence-electron chi connectivity index (χ2n) is 5.79. The van der Waals surface area contributed by atoms with Gasteiger partial charge in [0.1, 0.15) is 5.54 Å². The van der Waals surface area contributed by atoms with E-state index in [0.717, 1.165) is 34.4 Å². The third-order valence-corrected chi connectivity index (χ3v) is 4.85. The van der Waals surface area contributed by atoms with Crippen LogP contribution < -0.4 is 16.1 Å². The molecular weight excluding hydrogens is 380 g/mol. The number of carbonyl (C=O) groups excluding carboxylic acids is 2. The van der Waals surface area contributed by atoms with Gasteiger partial charge in [-0.1, -0.05) is 41.3 Å². The van der Waals surface area contributed by atoms with Crippen molar-refractivity contribution in [1.82, 2.24) is 15.8 Å². The molecule has 1 aliphatic heterocycles. The Hall–Kier alpha value is -1.67. The normalized spacial score (nSPS) is 19.6. The van der Waals surface area contributed by atoms with Crippen LogP contribution in [0.2, 0.25) is 0 Å². The summed E-state index contributed by atoms with van der Waals surface area (Å²) in [4.78, 5) is 24.8. The van der Waals surface area contributed by atoms with Crippen LogP contribution >= 0.6 is 28.1 Å². The number of anilines is 1. The van der Waals surface area contributed by atoms with Crippen molar-refractivity contribution in [1.29, 1.82) is 0 Å². The Morgan fingerprint density at radius 1 is 1.26 bits per heavy atom. The summed E-state index contributed by atoms with van der Waals surface area (Å²) in [6.45, 7) is 0. The number of imide groups is 1. The standard InChI is InChI=1S/C15H17BrN4O2S/c16-10-5-4-6-11(9-10)17-13(23)19-20-12(21)15(18-14(20)22)7-2-1-3-8-15/h4-6,9H,1-3,7-8H2,(H,18,22)(H2,17,19,23). The maximum absolute atomic E-state index is 12.6. The first-order valence-corrected chi connectivity index (χ1v) is 8.70. The number of nitrogens with zero attached hydrogens (tertiary/aromatic N) is 1. The summed E-state index contributed by atoms with van der Waals surface area (Å²) in [6, 6.07) is 7.00. The number of amides is 3. The van der Waals surface area contributed by atoms with E-state index in [4.69, 9.17) is 12.2 Å². The van der Waals surface area contributed by atoms with E-state index in [2.05, 4.69) is 32.0 Å². The van der Waals surface area contributed by atoms with E-state index in [-0.39, 0.29) is 11.0 Å². The first kappa shape index (κ1) is 16.2. The van der Waals surface area contributed by atoms with Gasteiger partial charge in [0.2, 0.25) is 0 Å². The molecule has 0 bridgehead atoms. The molecule has 23 heavy (non-hydrogen) atoms. The SMILES string of the molecule is O=C1NC2(CCCCC2)C(=O)N1NC(=S)Nc1cccc(Br)c1. The molecule has 1 aromatic rings. The Morgan fingerprint density at radius 2 is 2.00 bits per heavy atom. The first-order chi connectivity index (χ1) is 11.0. The second kappa shape index (κ2) is 6.45. The van der Waals surface area contributed by atoms with Gasteiger partial charge in [-0.15, -0.1) is 0 Å². The van der Waals surface area contributed by atoms with E-state index < -0.39 is 11.6 Å². The molecule has 122 valence electrons. The first-order valence-electron chi connectivity index (χ1n) is 7.50. The van der Waals surface area contributed by atoms with Crippen molar-refractivity contribution in [3.05, 3.63) is 28.7 Å². The number of benzene rings is 1. The van der Waals surface area contributed by atoms with Gasteiger partial charge in [-0.05, 0) is 43.3 Å². The van der Waals surface area contributed by atoms with Gasteiger partial charge >= 0.3 is 6.03 Å². The van der Waals surface area contributed by atoms with Crippen LogP contribution in [0.15, 0.2) is 28.7 Å². The van der Waals surface area contributed by atoms with Crippen LogP contribution in [0.3, 0.4) is 0 Å². The molecule has 0 radical (unpaired) electrons. The molecule has 1 heterocycles. The van der Waals surface area contributed by atoms with Crippen LogP contribution in [-0.2, 0) is 4.79 Å². The lowest BCUT2D eigenvalue weighted by Gasteiger charge is -2.30. The maximum atomic E-state index is 12.6. The predicted octanol–water partition coefficient (Wildman–Crippen LogP) is 2.91. The Labute approximate surface area is 148 Å². The quantitative estimate of drug-likeness (QED) is 0.529. The monoisotopic (exact) mass is 396 g/mol. The van der Waals surface area contributed by atoms with Crippen molar-refractivity contribution >= 4 is 50.9 Å². The molecule has 8 heteroatoms. The molecule has 3 rings (SSSR count). The molecule has 3 amide bonds. The highest BCUT2D eigenvalue weighted by molar-refractivity contribution is 9.10. The van der Waals surface area contributed by atoms with Crippen LogP contribution in [0, 0.1) is 0 Å². The summed E-state index contributed by atoms with van der Waals surface area (Å²) in [5.74, 6) is -0.249. The average molecular weight is 397 g/mol. The molecular formula is C15H17BrN4O2S. The molecule has 1 aromatic carbocycles. The Bertz CT molecular complexity index is 661. The fraction of sp³-hybridized carbons (Fsp3) is 0.400. The molecule has 1 spiro atoms. The van der Waals surface area contributed by atoms with Gasteiger partial charge < -0.3 is 10.6 Å². The van der Waals surface area contributed by atoms with E-state index in [1.54, 1.807) is 0 Å². The predicted molar refractivity (Wildman–Crippen MR) is 94.7 cm³/mol. The zero-order valence-corrected chi connectivity index (χ0v) is 14.8. The zero-order valence-electron chi connectivity index (χ0n) is 12.4. The third kappa shape index (κ3) is 3.32. The van der Waals surface area contributed by atoms with Crippen LogP contribution in [0.1, 0.15) is 32.1 Å². The largest absolute Gasteiger partial charge is 0.344 e. The van der Waals surface area contributed by atoms with Crippen molar-refractivity contribution in [3.63, 3.8) is 0 Å². The summed E-state index contributed by atoms with van der Waals surface area (Å²) >= 11 is 8.58. The minimum atomic E-state index is -0.756. The topological polar surface area (TPSA) is 73.5 Å². The number of halogens is 1. The van der Waals surface area contributed by atoms with E-state index in [9.17, 15) is 9.59 Å². The van der Waals surface area contributed by atoms with Crippen molar-refractivity contribution in [2.24, 2.45) is 0 Å². The molecule has 0 aromatic heterocycles. The van der Waals surface area contributed by atoms with Crippen LogP contribution in [0.5, 0.6) is 0 Å². The maximum Gasteiger partial charge on any atom is 0.344 e.